The normalized spacial score (nSPS) is 11.0. The number of anilines is 1. The molecule has 0 fully saturated rings. The minimum Gasteiger partial charge on any atom is -0.362 e. The Morgan fingerprint density at radius 3 is 2.59 bits per heavy atom. The van der Waals surface area contributed by atoms with Gasteiger partial charge in [-0.1, -0.05) is 31.5 Å². The quantitative estimate of drug-likeness (QED) is 0.232. The molecule has 2 N–H and O–H groups in total. The summed E-state index contributed by atoms with van der Waals surface area (Å²) >= 11 is 7.00. The Morgan fingerprint density at radius 2 is 1.86 bits per heavy atom. The molecule has 0 saturated carbocycles. The van der Waals surface area contributed by atoms with Crippen LogP contribution in [0.15, 0.2) is 29.4 Å². The van der Waals surface area contributed by atoms with E-state index in [1.165, 1.54) is 12.8 Å². The van der Waals surface area contributed by atoms with Crippen LogP contribution in [0.1, 0.15) is 43.4 Å². The third-order valence-electron chi connectivity index (χ3n) is 4.59. The lowest BCUT2D eigenvalue weighted by Gasteiger charge is -2.10. The second kappa shape index (κ2) is 10.0. The summed E-state index contributed by atoms with van der Waals surface area (Å²) in [5.74, 6) is 1.71. The summed E-state index contributed by atoms with van der Waals surface area (Å²) in [7, 11) is 2.04. The number of aryl methyl sites for hydroxylation is 3. The molecule has 0 saturated heterocycles. The predicted octanol–water partition coefficient (Wildman–Crippen LogP) is 4.75. The number of rotatable bonds is 8. The van der Waals surface area contributed by atoms with E-state index in [4.69, 9.17) is 17.2 Å². The lowest BCUT2D eigenvalue weighted by molar-refractivity contribution is 0.698. The van der Waals surface area contributed by atoms with Gasteiger partial charge in [-0.2, -0.15) is 0 Å². The fraction of sp³-hybridized carbons (Fsp3) is 0.429. The van der Waals surface area contributed by atoms with E-state index < -0.39 is 0 Å². The van der Waals surface area contributed by atoms with Gasteiger partial charge in [0.15, 0.2) is 10.3 Å². The lowest BCUT2D eigenvalue weighted by atomic mass is 10.2. The van der Waals surface area contributed by atoms with Crippen molar-refractivity contribution < 1.29 is 0 Å². The van der Waals surface area contributed by atoms with Gasteiger partial charge in [-0.3, -0.25) is 0 Å². The van der Waals surface area contributed by atoms with Gasteiger partial charge in [-0.25, -0.2) is 15.0 Å². The maximum absolute atomic E-state index is 5.39. The van der Waals surface area contributed by atoms with Crippen LogP contribution < -0.4 is 10.6 Å². The number of benzene rings is 1. The van der Waals surface area contributed by atoms with Crippen LogP contribution in [0, 0.1) is 13.8 Å². The van der Waals surface area contributed by atoms with Gasteiger partial charge in [0.05, 0.1) is 16.8 Å². The number of hydrogen-bond donors (Lipinski definition) is 2. The molecule has 29 heavy (non-hydrogen) atoms. The smallest absolute Gasteiger partial charge is 0.188 e. The number of hydrogen-bond acceptors (Lipinski definition) is 5. The molecule has 154 valence electrons. The summed E-state index contributed by atoms with van der Waals surface area (Å²) in [4.78, 5) is 13.8. The summed E-state index contributed by atoms with van der Waals surface area (Å²) < 4.78 is 2.12. The molecule has 0 aliphatic heterocycles. The fourth-order valence-corrected chi connectivity index (χ4v) is 4.25. The molecule has 0 unspecified atom stereocenters. The minimum absolute atomic E-state index is 0.652. The van der Waals surface area contributed by atoms with Crippen LogP contribution in [0.4, 0.5) is 5.69 Å². The van der Waals surface area contributed by atoms with Gasteiger partial charge in [0.2, 0.25) is 0 Å². The molecule has 0 aliphatic carbocycles. The zero-order valence-electron chi connectivity index (χ0n) is 17.5. The first-order valence-electron chi connectivity index (χ1n) is 9.91. The summed E-state index contributed by atoms with van der Waals surface area (Å²) in [6.07, 6.45) is 3.54. The van der Waals surface area contributed by atoms with Crippen LogP contribution >= 0.6 is 24.0 Å². The first kappa shape index (κ1) is 21.5. The molecule has 3 rings (SSSR count). The molecule has 0 atom stereocenters. The van der Waals surface area contributed by atoms with Crippen molar-refractivity contribution in [1.82, 2.24) is 24.8 Å². The molecule has 0 spiro atoms. The maximum Gasteiger partial charge on any atom is 0.188 e. The minimum atomic E-state index is 0.652. The van der Waals surface area contributed by atoms with Crippen LogP contribution in [-0.2, 0) is 12.8 Å². The number of thiocarbonyl (C=S) groups is 1. The Bertz CT molecular complexity index is 978. The highest BCUT2D eigenvalue weighted by atomic mass is 32.2. The van der Waals surface area contributed by atoms with E-state index in [9.17, 15) is 0 Å². The van der Waals surface area contributed by atoms with E-state index in [1.807, 2.05) is 39.1 Å². The van der Waals surface area contributed by atoms with Crippen molar-refractivity contribution in [3.05, 3.63) is 41.5 Å². The molecule has 2 heterocycles. The molecule has 0 bridgehead atoms. The predicted molar refractivity (Wildman–Crippen MR) is 126 cm³/mol. The van der Waals surface area contributed by atoms with E-state index in [0.29, 0.717) is 10.9 Å². The average Bonchev–Trinajstić information content (AvgIpc) is 2.98. The largest absolute Gasteiger partial charge is 0.362 e. The van der Waals surface area contributed by atoms with Crippen molar-refractivity contribution in [2.24, 2.45) is 7.05 Å². The van der Waals surface area contributed by atoms with E-state index in [-0.39, 0.29) is 0 Å². The molecule has 6 nitrogen and oxygen atoms in total. The van der Waals surface area contributed by atoms with Crippen molar-refractivity contribution in [3.8, 4) is 0 Å². The van der Waals surface area contributed by atoms with Crippen LogP contribution in [0.3, 0.4) is 0 Å². The Hall–Kier alpha value is -2.19. The SMILES string of the molecule is CCCCCNC(=S)Nc1ccc2c(c1)nc(CSc1nc(C)cc(C)n1)n2C. The van der Waals surface area contributed by atoms with E-state index in [1.54, 1.807) is 11.8 Å². The van der Waals surface area contributed by atoms with E-state index >= 15 is 0 Å². The first-order chi connectivity index (χ1) is 14.0. The highest BCUT2D eigenvalue weighted by Gasteiger charge is 2.11. The molecule has 2 aromatic heterocycles. The average molecular weight is 429 g/mol. The molecule has 0 radical (unpaired) electrons. The van der Waals surface area contributed by atoms with E-state index in [0.717, 1.165) is 52.1 Å². The molecule has 1 aromatic carbocycles. The molecule has 0 aliphatic rings. The fourth-order valence-electron chi connectivity index (χ4n) is 3.10. The van der Waals surface area contributed by atoms with Crippen molar-refractivity contribution >= 4 is 45.8 Å². The highest BCUT2D eigenvalue weighted by Crippen LogP contribution is 2.24. The standard InChI is InChI=1S/C21H28N6S2/c1-5-6-7-10-22-20(28)25-16-8-9-18-17(12-16)26-19(27(18)4)13-29-21-23-14(2)11-15(3)24-21/h8-9,11-12H,5-7,10,13H2,1-4H3,(H2,22,25,28). The molecule has 8 heteroatoms. The summed E-state index contributed by atoms with van der Waals surface area (Å²) in [6, 6.07) is 8.13. The van der Waals surface area contributed by atoms with Crippen LogP contribution in [0.5, 0.6) is 0 Å². The Morgan fingerprint density at radius 1 is 1.10 bits per heavy atom. The number of aromatic nitrogens is 4. The van der Waals surface area contributed by atoms with Gasteiger partial charge in [-0.15, -0.1) is 0 Å². The van der Waals surface area contributed by atoms with Gasteiger partial charge in [-0.05, 0) is 56.8 Å². The van der Waals surface area contributed by atoms with Crippen LogP contribution in [-0.4, -0.2) is 31.2 Å². The van der Waals surface area contributed by atoms with Gasteiger partial charge in [0.25, 0.3) is 0 Å². The van der Waals surface area contributed by atoms with Crippen molar-refractivity contribution in [2.75, 3.05) is 11.9 Å². The monoisotopic (exact) mass is 428 g/mol. The number of nitrogens with one attached hydrogen (secondary N) is 2. The second-order valence-electron chi connectivity index (χ2n) is 7.10. The van der Waals surface area contributed by atoms with Gasteiger partial charge >= 0.3 is 0 Å². The van der Waals surface area contributed by atoms with Crippen molar-refractivity contribution in [2.45, 2.75) is 50.9 Å². The lowest BCUT2D eigenvalue weighted by Crippen LogP contribution is -2.29. The van der Waals surface area contributed by atoms with Gasteiger partial charge in [0.1, 0.15) is 5.82 Å². The maximum atomic E-state index is 5.39. The number of nitrogens with zero attached hydrogens (tertiary/aromatic N) is 4. The zero-order chi connectivity index (χ0) is 20.8. The van der Waals surface area contributed by atoms with Crippen molar-refractivity contribution in [1.29, 1.82) is 0 Å². The number of thioether (sulfide) groups is 1. The summed E-state index contributed by atoms with van der Waals surface area (Å²) in [5.41, 5.74) is 4.96. The topological polar surface area (TPSA) is 67.7 Å². The molecular weight excluding hydrogens is 400 g/mol. The third-order valence-corrected chi connectivity index (χ3v) is 5.68. The molecule has 3 aromatic rings. The van der Waals surface area contributed by atoms with Crippen LogP contribution in [0.2, 0.25) is 0 Å². The summed E-state index contributed by atoms with van der Waals surface area (Å²) in [6.45, 7) is 7.07. The number of unbranched alkanes of at least 4 members (excludes halogenated alkanes) is 2. The van der Waals surface area contributed by atoms with Gasteiger partial charge < -0.3 is 15.2 Å². The Kier molecular flexibility index (Phi) is 7.44. The zero-order valence-corrected chi connectivity index (χ0v) is 19.1. The van der Waals surface area contributed by atoms with E-state index in [2.05, 4.69) is 38.2 Å². The second-order valence-corrected chi connectivity index (χ2v) is 8.45. The Balaban J connectivity index is 1.66. The molecular formula is C21H28N6S2. The highest BCUT2D eigenvalue weighted by molar-refractivity contribution is 7.98. The van der Waals surface area contributed by atoms with Crippen LogP contribution in [0.25, 0.3) is 11.0 Å². The Labute approximate surface area is 181 Å². The molecule has 0 amide bonds. The van der Waals surface area contributed by atoms with Crippen molar-refractivity contribution in [3.63, 3.8) is 0 Å². The number of fused-ring (bicyclic) bond motifs is 1. The van der Waals surface area contributed by atoms with Gasteiger partial charge in [0, 0.05) is 30.7 Å². The first-order valence-corrected chi connectivity index (χ1v) is 11.3. The number of imidazole rings is 1. The third kappa shape index (κ3) is 5.90. The summed E-state index contributed by atoms with van der Waals surface area (Å²) in [5, 5.41) is 7.95.